The Hall–Kier alpha value is -4.16. The summed E-state index contributed by atoms with van der Waals surface area (Å²) in [5, 5.41) is 11.8. The van der Waals surface area contributed by atoms with Crippen LogP contribution in [0.15, 0.2) is 90.3 Å². The second-order valence-electron chi connectivity index (χ2n) is 9.05. The van der Waals surface area contributed by atoms with Crippen LogP contribution < -0.4 is 0 Å². The number of hydrogen-bond donors (Lipinski definition) is 3. The van der Waals surface area contributed by atoms with E-state index in [1.165, 1.54) is 31.5 Å². The van der Waals surface area contributed by atoms with Crippen LogP contribution in [0, 0.1) is 0 Å². The molecule has 0 saturated carbocycles. The fourth-order valence-corrected chi connectivity index (χ4v) is 4.86. The van der Waals surface area contributed by atoms with Gasteiger partial charge in [0.1, 0.15) is 0 Å². The first-order valence-corrected chi connectivity index (χ1v) is 12.0. The van der Waals surface area contributed by atoms with Gasteiger partial charge >= 0.3 is 0 Å². The minimum atomic E-state index is 0.125. The van der Waals surface area contributed by atoms with Crippen molar-refractivity contribution in [2.24, 2.45) is 4.99 Å². The number of benzene rings is 3. The molecule has 0 unspecified atom stereocenters. The van der Waals surface area contributed by atoms with Gasteiger partial charge in [-0.3, -0.25) is 4.90 Å². The minimum absolute atomic E-state index is 0.125. The van der Waals surface area contributed by atoms with E-state index in [1.54, 1.807) is 12.5 Å². The molecule has 0 atom stereocenters. The fraction of sp³-hybridized carbons (Fsp3) is 0.172. The SMILES string of the molecule is Oc1[nH]c2ccccc2c1C(=Nc1ccc(-c2cnc[nH]2)cc1)c1ccc(CN2CCCC2)cc1. The third-order valence-electron chi connectivity index (χ3n) is 6.67. The zero-order chi connectivity index (χ0) is 23.6. The van der Waals surface area contributed by atoms with Crippen LogP contribution in [-0.2, 0) is 6.54 Å². The van der Waals surface area contributed by atoms with Gasteiger partial charge in [-0.05, 0) is 55.3 Å². The number of aromatic amines is 2. The smallest absolute Gasteiger partial charge is 0.199 e. The Balaban J connectivity index is 1.41. The zero-order valence-electron chi connectivity index (χ0n) is 19.4. The summed E-state index contributed by atoms with van der Waals surface area (Å²) in [7, 11) is 0. The highest BCUT2D eigenvalue weighted by molar-refractivity contribution is 6.21. The summed E-state index contributed by atoms with van der Waals surface area (Å²) < 4.78 is 0. The van der Waals surface area contributed by atoms with Gasteiger partial charge in [0.25, 0.3) is 0 Å². The van der Waals surface area contributed by atoms with Crippen LogP contribution in [0.2, 0.25) is 0 Å². The maximum atomic E-state index is 10.9. The van der Waals surface area contributed by atoms with E-state index in [4.69, 9.17) is 4.99 Å². The predicted octanol–water partition coefficient (Wildman–Crippen LogP) is 6.03. The lowest BCUT2D eigenvalue weighted by molar-refractivity contribution is 0.331. The van der Waals surface area contributed by atoms with E-state index in [-0.39, 0.29) is 5.88 Å². The monoisotopic (exact) mass is 461 g/mol. The van der Waals surface area contributed by atoms with E-state index in [0.717, 1.165) is 45.7 Å². The summed E-state index contributed by atoms with van der Waals surface area (Å²) in [5.74, 6) is 0.125. The van der Waals surface area contributed by atoms with Crippen molar-refractivity contribution in [1.82, 2.24) is 19.9 Å². The van der Waals surface area contributed by atoms with Crippen LogP contribution in [0.25, 0.3) is 22.2 Å². The Labute approximate surface area is 204 Å². The highest BCUT2D eigenvalue weighted by Gasteiger charge is 2.19. The van der Waals surface area contributed by atoms with Crippen LogP contribution >= 0.6 is 0 Å². The first kappa shape index (κ1) is 21.4. The Morgan fingerprint density at radius 2 is 1.71 bits per heavy atom. The normalized spacial score (nSPS) is 14.7. The number of para-hydroxylation sites is 1. The van der Waals surface area contributed by atoms with Gasteiger partial charge in [-0.15, -0.1) is 0 Å². The van der Waals surface area contributed by atoms with Crippen LogP contribution in [0.3, 0.4) is 0 Å². The van der Waals surface area contributed by atoms with Crippen molar-refractivity contribution in [1.29, 1.82) is 0 Å². The molecule has 1 saturated heterocycles. The van der Waals surface area contributed by atoms with Gasteiger partial charge in [-0.25, -0.2) is 9.98 Å². The number of hydrogen-bond acceptors (Lipinski definition) is 4. The summed E-state index contributed by atoms with van der Waals surface area (Å²) in [4.78, 5) is 17.9. The standard InChI is InChI=1S/C29H27N5O/c35-29-27(24-5-1-2-6-25(24)33-29)28(22-9-7-20(8-10-22)18-34-15-3-4-16-34)32-23-13-11-21(12-14-23)26-17-30-19-31-26/h1-2,5-14,17,19,33,35H,3-4,15-16,18H2,(H,30,31). The van der Waals surface area contributed by atoms with Crippen molar-refractivity contribution >= 4 is 22.3 Å². The zero-order valence-corrected chi connectivity index (χ0v) is 19.4. The van der Waals surface area contributed by atoms with Crippen LogP contribution in [-0.4, -0.2) is 43.8 Å². The molecule has 2 aromatic heterocycles. The van der Waals surface area contributed by atoms with Gasteiger partial charge in [0.05, 0.1) is 35.2 Å². The Bertz CT molecular complexity index is 1460. The van der Waals surface area contributed by atoms with Gasteiger partial charge in [-0.1, -0.05) is 54.6 Å². The van der Waals surface area contributed by atoms with Crippen LogP contribution in [0.4, 0.5) is 5.69 Å². The summed E-state index contributed by atoms with van der Waals surface area (Å²) in [6, 6.07) is 24.5. The number of nitrogens with zero attached hydrogens (tertiary/aromatic N) is 3. The second-order valence-corrected chi connectivity index (χ2v) is 9.05. The molecular formula is C29H27N5O. The maximum absolute atomic E-state index is 10.9. The maximum Gasteiger partial charge on any atom is 0.199 e. The molecule has 0 spiro atoms. The number of aromatic nitrogens is 3. The number of H-pyrrole nitrogens is 2. The van der Waals surface area contributed by atoms with Gasteiger partial charge < -0.3 is 15.1 Å². The quantitative estimate of drug-likeness (QED) is 0.270. The Morgan fingerprint density at radius 1 is 0.943 bits per heavy atom. The molecule has 6 rings (SSSR count). The molecule has 0 radical (unpaired) electrons. The highest BCUT2D eigenvalue weighted by atomic mass is 16.3. The Kier molecular flexibility index (Phi) is 5.64. The summed E-state index contributed by atoms with van der Waals surface area (Å²) >= 11 is 0. The lowest BCUT2D eigenvalue weighted by Gasteiger charge is -2.15. The molecule has 3 aromatic carbocycles. The first-order valence-electron chi connectivity index (χ1n) is 12.0. The highest BCUT2D eigenvalue weighted by Crippen LogP contribution is 2.32. The van der Waals surface area contributed by atoms with Crippen molar-refractivity contribution in [2.75, 3.05) is 13.1 Å². The number of aliphatic imine (C=N–C) groups is 1. The predicted molar refractivity (Wildman–Crippen MR) is 140 cm³/mol. The molecule has 174 valence electrons. The van der Waals surface area contributed by atoms with Crippen LogP contribution in [0.5, 0.6) is 5.88 Å². The molecule has 6 nitrogen and oxygen atoms in total. The van der Waals surface area contributed by atoms with E-state index >= 15 is 0 Å². The van der Waals surface area contributed by atoms with E-state index in [1.807, 2.05) is 48.5 Å². The summed E-state index contributed by atoms with van der Waals surface area (Å²) in [6.45, 7) is 3.32. The number of aromatic hydroxyl groups is 1. The molecule has 3 heterocycles. The van der Waals surface area contributed by atoms with Gasteiger partial charge in [0, 0.05) is 23.0 Å². The third-order valence-corrected chi connectivity index (χ3v) is 6.67. The second kappa shape index (κ2) is 9.24. The Morgan fingerprint density at radius 3 is 2.46 bits per heavy atom. The van der Waals surface area contributed by atoms with Crippen molar-refractivity contribution in [3.63, 3.8) is 0 Å². The van der Waals surface area contributed by atoms with Gasteiger partial charge in [-0.2, -0.15) is 0 Å². The van der Waals surface area contributed by atoms with E-state index in [0.29, 0.717) is 5.56 Å². The average Bonchev–Trinajstić information content (AvgIpc) is 3.65. The molecule has 1 aliphatic rings. The molecule has 35 heavy (non-hydrogen) atoms. The summed E-state index contributed by atoms with van der Waals surface area (Å²) in [5.41, 5.74) is 7.41. The number of rotatable bonds is 6. The number of nitrogens with one attached hydrogen (secondary N) is 2. The number of likely N-dealkylation sites (tertiary alicyclic amines) is 1. The third kappa shape index (κ3) is 4.36. The first-order chi connectivity index (χ1) is 17.2. The molecule has 0 aliphatic carbocycles. The van der Waals surface area contributed by atoms with Gasteiger partial charge in [0.2, 0.25) is 0 Å². The van der Waals surface area contributed by atoms with E-state index < -0.39 is 0 Å². The lowest BCUT2D eigenvalue weighted by Crippen LogP contribution is -2.18. The molecule has 0 amide bonds. The van der Waals surface area contributed by atoms with E-state index in [9.17, 15) is 5.11 Å². The lowest BCUT2D eigenvalue weighted by atomic mass is 9.99. The molecule has 1 aliphatic heterocycles. The largest absolute Gasteiger partial charge is 0.494 e. The van der Waals surface area contributed by atoms with Crippen molar-refractivity contribution in [3.8, 4) is 17.1 Å². The van der Waals surface area contributed by atoms with Crippen LogP contribution in [0.1, 0.15) is 29.5 Å². The number of imidazole rings is 1. The van der Waals surface area contributed by atoms with Crippen molar-refractivity contribution < 1.29 is 5.11 Å². The van der Waals surface area contributed by atoms with Crippen molar-refractivity contribution in [3.05, 3.63) is 102 Å². The minimum Gasteiger partial charge on any atom is -0.494 e. The van der Waals surface area contributed by atoms with Crippen molar-refractivity contribution in [2.45, 2.75) is 19.4 Å². The molecule has 1 fully saturated rings. The average molecular weight is 462 g/mol. The molecule has 0 bridgehead atoms. The molecular weight excluding hydrogens is 434 g/mol. The topological polar surface area (TPSA) is 80.3 Å². The number of fused-ring (bicyclic) bond motifs is 1. The fourth-order valence-electron chi connectivity index (χ4n) is 4.86. The van der Waals surface area contributed by atoms with Gasteiger partial charge in [0.15, 0.2) is 5.88 Å². The van der Waals surface area contributed by atoms with E-state index in [2.05, 4.69) is 44.1 Å². The summed E-state index contributed by atoms with van der Waals surface area (Å²) in [6.07, 6.45) is 6.05. The molecule has 6 heteroatoms. The molecule has 5 aromatic rings. The molecule has 3 N–H and O–H groups in total.